The molecule has 16 heavy (non-hydrogen) atoms. The summed E-state index contributed by atoms with van der Waals surface area (Å²) in [6, 6.07) is -0.966. The minimum Gasteiger partial charge on any atom is -0.370 e. The Morgan fingerprint density at radius 3 is 2.75 bits per heavy atom. The third-order valence-electron chi connectivity index (χ3n) is 2.37. The summed E-state index contributed by atoms with van der Waals surface area (Å²) in [4.78, 5) is 32.8. The standard InChI is InChI=1S/C9H16N4O3/c10-6(3-7(11)14)9(16)12-4-5-1-2-8(15)13-5/h5-6H,1-4,10H2,(H2,11,14)(H,12,16)(H,13,15). The van der Waals surface area contributed by atoms with Crippen molar-refractivity contribution < 1.29 is 14.4 Å². The molecule has 1 fully saturated rings. The first-order chi connectivity index (χ1) is 7.49. The Kier molecular flexibility index (Phi) is 4.24. The summed E-state index contributed by atoms with van der Waals surface area (Å²) in [6.45, 7) is 0.330. The van der Waals surface area contributed by atoms with Gasteiger partial charge in [-0.15, -0.1) is 0 Å². The lowest BCUT2D eigenvalue weighted by atomic mass is 10.2. The minimum atomic E-state index is -0.922. The van der Waals surface area contributed by atoms with E-state index in [1.54, 1.807) is 0 Å². The fourth-order valence-electron chi connectivity index (χ4n) is 1.49. The number of hydrogen-bond donors (Lipinski definition) is 4. The van der Waals surface area contributed by atoms with Crippen LogP contribution in [0.25, 0.3) is 0 Å². The summed E-state index contributed by atoms with van der Waals surface area (Å²) in [5.41, 5.74) is 10.3. The highest BCUT2D eigenvalue weighted by Gasteiger charge is 2.22. The fourth-order valence-corrected chi connectivity index (χ4v) is 1.49. The second-order valence-electron chi connectivity index (χ2n) is 3.83. The highest BCUT2D eigenvalue weighted by atomic mass is 16.2. The smallest absolute Gasteiger partial charge is 0.237 e. The maximum atomic E-state index is 11.4. The Hall–Kier alpha value is -1.63. The van der Waals surface area contributed by atoms with Crippen LogP contribution in [0.5, 0.6) is 0 Å². The summed E-state index contributed by atoms with van der Waals surface area (Å²) in [5.74, 6) is -1.06. The summed E-state index contributed by atoms with van der Waals surface area (Å²) in [6.07, 6.45) is 1.00. The van der Waals surface area contributed by atoms with Crippen molar-refractivity contribution in [3.05, 3.63) is 0 Å². The van der Waals surface area contributed by atoms with Gasteiger partial charge in [-0.1, -0.05) is 0 Å². The molecule has 7 heteroatoms. The average Bonchev–Trinajstić information content (AvgIpc) is 2.59. The van der Waals surface area contributed by atoms with Crippen LogP contribution in [0.4, 0.5) is 0 Å². The molecule has 0 aromatic rings. The molecule has 0 aromatic carbocycles. The number of carbonyl (C=O) groups is 3. The second kappa shape index (κ2) is 5.45. The SMILES string of the molecule is NC(=O)CC(N)C(=O)NCC1CCC(=O)N1. The van der Waals surface area contributed by atoms with E-state index >= 15 is 0 Å². The van der Waals surface area contributed by atoms with Crippen LogP contribution in [0.2, 0.25) is 0 Å². The van der Waals surface area contributed by atoms with Crippen LogP contribution in [0, 0.1) is 0 Å². The van der Waals surface area contributed by atoms with Crippen molar-refractivity contribution in [1.29, 1.82) is 0 Å². The average molecular weight is 228 g/mol. The number of hydrogen-bond acceptors (Lipinski definition) is 4. The number of primary amides is 1. The predicted octanol–water partition coefficient (Wildman–Crippen LogP) is -2.42. The highest BCUT2D eigenvalue weighted by molar-refractivity contribution is 5.87. The lowest BCUT2D eigenvalue weighted by Crippen LogP contribution is -2.46. The lowest BCUT2D eigenvalue weighted by Gasteiger charge is -2.14. The first kappa shape index (κ1) is 12.4. The molecule has 3 amide bonds. The molecule has 0 radical (unpaired) electrons. The maximum absolute atomic E-state index is 11.4. The van der Waals surface area contributed by atoms with Gasteiger partial charge in [0.05, 0.1) is 12.5 Å². The third kappa shape index (κ3) is 3.85. The van der Waals surface area contributed by atoms with E-state index in [-0.39, 0.29) is 18.4 Å². The van der Waals surface area contributed by atoms with Crippen molar-refractivity contribution in [2.45, 2.75) is 31.3 Å². The molecule has 90 valence electrons. The molecular formula is C9H16N4O3. The first-order valence-electron chi connectivity index (χ1n) is 5.10. The summed E-state index contributed by atoms with van der Waals surface area (Å²) in [7, 11) is 0. The van der Waals surface area contributed by atoms with E-state index in [0.29, 0.717) is 19.4 Å². The molecule has 1 saturated heterocycles. The lowest BCUT2D eigenvalue weighted by molar-refractivity contribution is -0.126. The molecule has 1 aliphatic rings. The Morgan fingerprint density at radius 2 is 2.25 bits per heavy atom. The quantitative estimate of drug-likeness (QED) is 0.417. The van der Waals surface area contributed by atoms with E-state index in [1.165, 1.54) is 0 Å². The normalized spacial score (nSPS) is 21.3. The van der Waals surface area contributed by atoms with E-state index in [0.717, 1.165) is 0 Å². The molecule has 0 bridgehead atoms. The first-order valence-corrected chi connectivity index (χ1v) is 5.10. The van der Waals surface area contributed by atoms with Crippen LogP contribution in [-0.4, -0.2) is 36.3 Å². The molecule has 6 N–H and O–H groups in total. The molecule has 0 aromatic heterocycles. The number of nitrogens with one attached hydrogen (secondary N) is 2. The van der Waals surface area contributed by atoms with Gasteiger partial charge in [-0.2, -0.15) is 0 Å². The molecule has 2 unspecified atom stereocenters. The zero-order valence-electron chi connectivity index (χ0n) is 8.86. The zero-order chi connectivity index (χ0) is 12.1. The number of carbonyl (C=O) groups excluding carboxylic acids is 3. The van der Waals surface area contributed by atoms with Crippen molar-refractivity contribution >= 4 is 17.7 Å². The van der Waals surface area contributed by atoms with Crippen molar-refractivity contribution in [3.8, 4) is 0 Å². The van der Waals surface area contributed by atoms with Gasteiger partial charge in [0.1, 0.15) is 0 Å². The zero-order valence-corrected chi connectivity index (χ0v) is 8.86. The highest BCUT2D eigenvalue weighted by Crippen LogP contribution is 2.04. The van der Waals surface area contributed by atoms with E-state index in [1.807, 2.05) is 0 Å². The molecule has 0 saturated carbocycles. The van der Waals surface area contributed by atoms with Gasteiger partial charge in [-0.05, 0) is 6.42 Å². The molecule has 0 spiro atoms. The van der Waals surface area contributed by atoms with Gasteiger partial charge in [0.15, 0.2) is 0 Å². The van der Waals surface area contributed by atoms with E-state index in [4.69, 9.17) is 11.5 Å². The molecule has 7 nitrogen and oxygen atoms in total. The molecule has 1 aliphatic heterocycles. The number of amides is 3. The Balaban J connectivity index is 2.24. The minimum absolute atomic E-state index is 0.0133. The van der Waals surface area contributed by atoms with E-state index in [2.05, 4.69) is 10.6 Å². The van der Waals surface area contributed by atoms with E-state index in [9.17, 15) is 14.4 Å². The Labute approximate surface area is 92.9 Å². The molecule has 1 rings (SSSR count). The molecule has 1 heterocycles. The number of rotatable bonds is 5. The fraction of sp³-hybridized carbons (Fsp3) is 0.667. The molecular weight excluding hydrogens is 212 g/mol. The van der Waals surface area contributed by atoms with Gasteiger partial charge in [0.25, 0.3) is 0 Å². The number of nitrogens with two attached hydrogens (primary N) is 2. The summed E-state index contributed by atoms with van der Waals surface area (Å²) >= 11 is 0. The van der Waals surface area contributed by atoms with Crippen molar-refractivity contribution in [3.63, 3.8) is 0 Å². The summed E-state index contributed by atoms with van der Waals surface area (Å²) in [5, 5.41) is 5.27. The third-order valence-corrected chi connectivity index (χ3v) is 2.37. The van der Waals surface area contributed by atoms with Gasteiger partial charge in [0, 0.05) is 19.0 Å². The second-order valence-corrected chi connectivity index (χ2v) is 3.83. The topological polar surface area (TPSA) is 127 Å². The van der Waals surface area contributed by atoms with Crippen LogP contribution < -0.4 is 22.1 Å². The Bertz CT molecular complexity index is 305. The Morgan fingerprint density at radius 1 is 1.56 bits per heavy atom. The van der Waals surface area contributed by atoms with Gasteiger partial charge < -0.3 is 22.1 Å². The van der Waals surface area contributed by atoms with Crippen LogP contribution in [0.3, 0.4) is 0 Å². The van der Waals surface area contributed by atoms with Crippen LogP contribution >= 0.6 is 0 Å². The van der Waals surface area contributed by atoms with Gasteiger partial charge >= 0.3 is 0 Å². The van der Waals surface area contributed by atoms with Crippen molar-refractivity contribution in [1.82, 2.24) is 10.6 Å². The molecule has 0 aliphatic carbocycles. The van der Waals surface area contributed by atoms with E-state index < -0.39 is 17.9 Å². The van der Waals surface area contributed by atoms with Gasteiger partial charge in [0.2, 0.25) is 17.7 Å². The predicted molar refractivity (Wildman–Crippen MR) is 56.0 cm³/mol. The molecule has 2 atom stereocenters. The van der Waals surface area contributed by atoms with Gasteiger partial charge in [-0.25, -0.2) is 0 Å². The summed E-state index contributed by atoms with van der Waals surface area (Å²) < 4.78 is 0. The monoisotopic (exact) mass is 228 g/mol. The van der Waals surface area contributed by atoms with Crippen LogP contribution in [0.15, 0.2) is 0 Å². The van der Waals surface area contributed by atoms with Crippen LogP contribution in [-0.2, 0) is 14.4 Å². The van der Waals surface area contributed by atoms with Crippen LogP contribution in [0.1, 0.15) is 19.3 Å². The van der Waals surface area contributed by atoms with Crippen molar-refractivity contribution in [2.24, 2.45) is 11.5 Å². The maximum Gasteiger partial charge on any atom is 0.237 e. The largest absolute Gasteiger partial charge is 0.370 e. The van der Waals surface area contributed by atoms with Gasteiger partial charge in [-0.3, -0.25) is 14.4 Å². The van der Waals surface area contributed by atoms with Crippen molar-refractivity contribution in [2.75, 3.05) is 6.54 Å².